The van der Waals surface area contributed by atoms with Crippen molar-refractivity contribution in [1.29, 1.82) is 0 Å². The molecule has 0 saturated carbocycles. The molecule has 12 nitrogen and oxygen atoms in total. The van der Waals surface area contributed by atoms with Gasteiger partial charge in [0, 0.05) is 6.42 Å². The van der Waals surface area contributed by atoms with Gasteiger partial charge in [0.25, 0.3) is 5.82 Å². The summed E-state index contributed by atoms with van der Waals surface area (Å²) in [4.78, 5) is 7.62. The van der Waals surface area contributed by atoms with Crippen LogP contribution in [0.25, 0.3) is 0 Å². The Morgan fingerprint density at radius 2 is 1.42 bits per heavy atom. The molecule has 2 aliphatic heterocycles. The van der Waals surface area contributed by atoms with Gasteiger partial charge in [0.15, 0.2) is 0 Å². The highest BCUT2D eigenvalue weighted by Gasteiger charge is 2.24. The minimum Gasteiger partial charge on any atom is -1.00 e. The van der Waals surface area contributed by atoms with E-state index in [1.165, 1.54) is 5.82 Å². The molecule has 0 atom stereocenters. The fourth-order valence-electron chi connectivity index (χ4n) is 5.69. The normalized spacial score (nSPS) is 13.0. The van der Waals surface area contributed by atoms with Crippen LogP contribution in [0.2, 0.25) is 0 Å². The molecular formula is C34H42Cl2N6O6. The van der Waals surface area contributed by atoms with Crippen LogP contribution in [0.3, 0.4) is 0 Å². The quantitative estimate of drug-likeness (QED) is 0.101. The molecular weight excluding hydrogens is 659 g/mol. The van der Waals surface area contributed by atoms with Crippen molar-refractivity contribution >= 4 is 11.4 Å². The number of imidazole rings is 2. The Labute approximate surface area is 293 Å². The van der Waals surface area contributed by atoms with Crippen LogP contribution in [0, 0.1) is 0 Å². The molecule has 14 heteroatoms. The molecule has 0 aliphatic carbocycles. The molecule has 0 bridgehead atoms. The number of unbranched alkanes of at least 4 members (excludes halogenated alkanes) is 1. The number of methoxy groups -OCH3 is 2. The summed E-state index contributed by atoms with van der Waals surface area (Å²) in [5, 5.41) is 0. The van der Waals surface area contributed by atoms with Gasteiger partial charge in [0.1, 0.15) is 61.9 Å². The highest BCUT2D eigenvalue weighted by molar-refractivity contribution is 5.62. The summed E-state index contributed by atoms with van der Waals surface area (Å²) in [6.07, 6.45) is 16.9. The van der Waals surface area contributed by atoms with Crippen LogP contribution in [0.15, 0.2) is 104 Å². The summed E-state index contributed by atoms with van der Waals surface area (Å²) in [6, 6.07) is 15.9. The van der Waals surface area contributed by atoms with Gasteiger partial charge in [-0.3, -0.25) is 0 Å². The molecule has 0 radical (unpaired) electrons. The van der Waals surface area contributed by atoms with Gasteiger partial charge in [-0.1, -0.05) is 24.3 Å². The minimum atomic E-state index is 0. The molecule has 4 heterocycles. The van der Waals surface area contributed by atoms with Crippen LogP contribution in [0.1, 0.15) is 18.7 Å². The Kier molecular flexibility index (Phi) is 13.6. The Morgan fingerprint density at radius 1 is 0.792 bits per heavy atom. The van der Waals surface area contributed by atoms with E-state index >= 15 is 0 Å². The Hall–Kier alpha value is -4.68. The number of hydrogen-bond donors (Lipinski definition) is 1. The van der Waals surface area contributed by atoms with Crippen molar-refractivity contribution in [3.05, 3.63) is 110 Å². The summed E-state index contributed by atoms with van der Waals surface area (Å²) in [6.45, 7) is 4.32. The second kappa shape index (κ2) is 18.0. The zero-order valence-corrected chi connectivity index (χ0v) is 28.7. The second-order valence-electron chi connectivity index (χ2n) is 10.9. The maximum Gasteiger partial charge on any atom is 0.254 e. The van der Waals surface area contributed by atoms with E-state index in [9.17, 15) is 0 Å². The van der Waals surface area contributed by atoms with Crippen molar-refractivity contribution in [3.63, 3.8) is 0 Å². The predicted molar refractivity (Wildman–Crippen MR) is 169 cm³/mol. The molecule has 48 heavy (non-hydrogen) atoms. The first-order valence-electron chi connectivity index (χ1n) is 15.5. The van der Waals surface area contributed by atoms with E-state index in [0.29, 0.717) is 24.9 Å². The van der Waals surface area contributed by atoms with Gasteiger partial charge in [0.05, 0.1) is 45.2 Å². The smallest absolute Gasteiger partial charge is 0.254 e. The fraction of sp³-hybridized carbons (Fsp3) is 0.353. The lowest BCUT2D eigenvalue weighted by Crippen LogP contribution is -3.00. The number of anilines is 2. The first kappa shape index (κ1) is 36.2. The fourth-order valence-corrected chi connectivity index (χ4v) is 5.69. The number of benzene rings is 2. The van der Waals surface area contributed by atoms with Gasteiger partial charge in [-0.15, -0.1) is 0 Å². The third kappa shape index (κ3) is 8.81. The van der Waals surface area contributed by atoms with Gasteiger partial charge in [-0.2, -0.15) is 0 Å². The SMILES string of the molecule is COc1ccccc1N(CCn1cc[n+](CCCCc2[nH]cc[n+]2CCN(C2=COCO2)c2ccccc2OC)c1)C1=COCO1.[Cl-].[Cl-]. The Bertz CT molecular complexity index is 1640. The number of aromatic nitrogens is 4. The van der Waals surface area contributed by atoms with E-state index in [1.54, 1.807) is 26.7 Å². The average Bonchev–Trinajstić information content (AvgIpc) is 3.93. The van der Waals surface area contributed by atoms with Gasteiger partial charge >= 0.3 is 0 Å². The van der Waals surface area contributed by atoms with Crippen molar-refractivity contribution in [3.8, 4) is 11.5 Å². The number of halogens is 2. The third-order valence-corrected chi connectivity index (χ3v) is 8.03. The van der Waals surface area contributed by atoms with E-state index in [-0.39, 0.29) is 38.4 Å². The second-order valence-corrected chi connectivity index (χ2v) is 10.9. The van der Waals surface area contributed by atoms with Crippen molar-refractivity contribution in [2.45, 2.75) is 38.9 Å². The van der Waals surface area contributed by atoms with Crippen LogP contribution in [-0.4, -0.2) is 50.4 Å². The predicted octanol–water partition coefficient (Wildman–Crippen LogP) is -1.94. The Morgan fingerprint density at radius 3 is 2.02 bits per heavy atom. The number of para-hydroxylation sites is 4. The van der Waals surface area contributed by atoms with Crippen LogP contribution >= 0.6 is 0 Å². The summed E-state index contributed by atoms with van der Waals surface area (Å²) in [5.74, 6) is 4.12. The van der Waals surface area contributed by atoms with E-state index in [1.807, 2.05) is 54.7 Å². The minimum absolute atomic E-state index is 0. The van der Waals surface area contributed by atoms with Gasteiger partial charge in [-0.05, 0) is 37.1 Å². The van der Waals surface area contributed by atoms with Gasteiger partial charge < -0.3 is 63.0 Å². The molecule has 0 spiro atoms. The van der Waals surface area contributed by atoms with Gasteiger partial charge in [0.2, 0.25) is 31.7 Å². The van der Waals surface area contributed by atoms with Crippen molar-refractivity contribution in [2.75, 3.05) is 50.7 Å². The summed E-state index contributed by atoms with van der Waals surface area (Å²) >= 11 is 0. The van der Waals surface area contributed by atoms with Gasteiger partial charge in [-0.25, -0.2) is 18.7 Å². The maximum absolute atomic E-state index is 5.74. The van der Waals surface area contributed by atoms with Crippen LogP contribution in [0.5, 0.6) is 11.5 Å². The van der Waals surface area contributed by atoms with Crippen molar-refractivity contribution in [2.24, 2.45) is 0 Å². The Balaban J connectivity index is 0.00000260. The lowest BCUT2D eigenvalue weighted by Gasteiger charge is -2.25. The van der Waals surface area contributed by atoms with E-state index < -0.39 is 0 Å². The summed E-state index contributed by atoms with van der Waals surface area (Å²) in [5.41, 5.74) is 1.88. The van der Waals surface area contributed by atoms with Crippen molar-refractivity contribution < 1.29 is 62.4 Å². The molecule has 0 fully saturated rings. The summed E-state index contributed by atoms with van der Waals surface area (Å²) < 4.78 is 40.1. The molecule has 2 aliphatic rings. The molecule has 4 aromatic rings. The number of aromatic amines is 1. The number of nitrogens with zero attached hydrogens (tertiary/aromatic N) is 5. The number of aryl methyl sites for hydroxylation is 2. The molecule has 0 saturated heterocycles. The maximum atomic E-state index is 5.74. The summed E-state index contributed by atoms with van der Waals surface area (Å²) in [7, 11) is 3.36. The van der Waals surface area contributed by atoms with E-state index in [2.05, 4.69) is 53.4 Å². The molecule has 0 amide bonds. The molecule has 2 aromatic carbocycles. The van der Waals surface area contributed by atoms with E-state index in [0.717, 1.165) is 61.8 Å². The number of H-pyrrole nitrogens is 1. The highest BCUT2D eigenvalue weighted by atomic mass is 35.5. The highest BCUT2D eigenvalue weighted by Crippen LogP contribution is 2.33. The zero-order valence-electron chi connectivity index (χ0n) is 27.2. The van der Waals surface area contributed by atoms with Crippen molar-refractivity contribution in [1.82, 2.24) is 9.55 Å². The molecule has 1 N–H and O–H groups in total. The number of ether oxygens (including phenoxy) is 6. The van der Waals surface area contributed by atoms with Crippen LogP contribution < -0.4 is 53.2 Å². The average molecular weight is 702 g/mol. The standard InChI is InChI=1S/C34H41N6O6.2ClH/c1-41-30-11-5-3-9-28(30)39(33-23-43-26-45-33)21-19-37-18-17-36(25-37)15-8-7-13-32-35-14-16-38(32)20-22-40(34-24-44-27-46-34)29-10-4-6-12-31(29)42-2;;/h3-6,9-12,14,16-18,23-25H,7-8,13,15,19-22,26-27H2,1-2H3;2*1H/q+1;;/p-1. The molecule has 258 valence electrons. The number of nitrogens with one attached hydrogen (secondary N) is 1. The van der Waals surface area contributed by atoms with E-state index in [4.69, 9.17) is 28.4 Å². The zero-order chi connectivity index (χ0) is 31.6. The molecule has 2 aromatic heterocycles. The van der Waals surface area contributed by atoms with Crippen LogP contribution in [0.4, 0.5) is 11.4 Å². The molecule has 0 unspecified atom stereocenters. The monoisotopic (exact) mass is 700 g/mol. The largest absolute Gasteiger partial charge is 1.00 e. The first-order valence-corrected chi connectivity index (χ1v) is 15.5. The lowest BCUT2D eigenvalue weighted by atomic mass is 10.2. The number of hydrogen-bond acceptors (Lipinski definition) is 8. The number of rotatable bonds is 17. The lowest BCUT2D eigenvalue weighted by molar-refractivity contribution is -0.701. The third-order valence-electron chi connectivity index (χ3n) is 8.03. The molecule has 6 rings (SSSR count). The first-order chi connectivity index (χ1) is 22.7. The van der Waals surface area contributed by atoms with Crippen LogP contribution in [-0.2, 0) is 45.0 Å². The topological polar surface area (TPSA) is 90.3 Å².